The lowest BCUT2D eigenvalue weighted by atomic mass is 10.2. The van der Waals surface area contributed by atoms with E-state index in [2.05, 4.69) is 26.2 Å². The molecule has 0 saturated carbocycles. The van der Waals surface area contributed by atoms with Gasteiger partial charge in [0.05, 0.1) is 10.3 Å². The zero-order chi connectivity index (χ0) is 9.68. The predicted molar refractivity (Wildman–Crippen MR) is 57.3 cm³/mol. The van der Waals surface area contributed by atoms with Gasteiger partial charge in [-0.2, -0.15) is 0 Å². The van der Waals surface area contributed by atoms with Crippen LogP contribution in [0.1, 0.15) is 17.8 Å². The largest absolute Gasteiger partial charge is 0.355 e. The van der Waals surface area contributed by atoms with Crippen LogP contribution in [0.15, 0.2) is 11.6 Å². The normalized spacial score (nSPS) is 12.5. The molecule has 0 aliphatic rings. The van der Waals surface area contributed by atoms with Crippen LogP contribution in [-0.4, -0.2) is 22.8 Å². The second kappa shape index (κ2) is 5.34. The number of nitrogens with one attached hydrogen (secondary N) is 1. The average molecular weight is 263 g/mol. The first-order valence-corrected chi connectivity index (χ1v) is 5.96. The molecule has 0 aliphatic heterocycles. The molecule has 0 radical (unpaired) electrons. The van der Waals surface area contributed by atoms with Crippen molar-refractivity contribution in [2.45, 2.75) is 12.8 Å². The number of rotatable bonds is 4. The van der Waals surface area contributed by atoms with Crippen LogP contribution in [0.4, 0.5) is 0 Å². The summed E-state index contributed by atoms with van der Waals surface area (Å²) in [6.07, 6.45) is 1.78. The molecule has 1 amide bonds. The quantitative estimate of drug-likeness (QED) is 0.841. The van der Waals surface area contributed by atoms with E-state index in [0.717, 1.165) is 5.01 Å². The SMILES string of the molecule is CC(CNC(=O)CBr)c1nccs1. The van der Waals surface area contributed by atoms with Crippen LogP contribution in [0.25, 0.3) is 0 Å². The van der Waals surface area contributed by atoms with E-state index in [4.69, 9.17) is 0 Å². The van der Waals surface area contributed by atoms with Crippen molar-refractivity contribution in [3.8, 4) is 0 Å². The molecule has 5 heteroatoms. The summed E-state index contributed by atoms with van der Waals surface area (Å²) in [5, 5.41) is 6.17. The van der Waals surface area contributed by atoms with Crippen LogP contribution in [0.5, 0.6) is 0 Å². The Morgan fingerprint density at radius 2 is 2.62 bits per heavy atom. The zero-order valence-corrected chi connectivity index (χ0v) is 9.69. The topological polar surface area (TPSA) is 42.0 Å². The van der Waals surface area contributed by atoms with E-state index >= 15 is 0 Å². The van der Waals surface area contributed by atoms with Crippen molar-refractivity contribution in [3.63, 3.8) is 0 Å². The van der Waals surface area contributed by atoms with Gasteiger partial charge in [0.15, 0.2) is 0 Å². The average Bonchev–Trinajstić information content (AvgIpc) is 2.66. The summed E-state index contributed by atoms with van der Waals surface area (Å²) < 4.78 is 0. The monoisotopic (exact) mass is 262 g/mol. The van der Waals surface area contributed by atoms with Gasteiger partial charge in [0.25, 0.3) is 0 Å². The van der Waals surface area contributed by atoms with Crippen LogP contribution >= 0.6 is 27.3 Å². The van der Waals surface area contributed by atoms with Gasteiger partial charge in [0, 0.05) is 24.0 Å². The lowest BCUT2D eigenvalue weighted by Crippen LogP contribution is -2.28. The first-order valence-electron chi connectivity index (χ1n) is 3.96. The molecular formula is C8H11BrN2OS. The molecule has 1 aromatic rings. The standard InChI is InChI=1S/C8H11BrN2OS/c1-6(5-11-7(12)4-9)8-10-2-3-13-8/h2-3,6H,4-5H2,1H3,(H,11,12). The number of halogens is 1. The molecule has 1 rings (SSSR count). The molecule has 1 heterocycles. The van der Waals surface area contributed by atoms with E-state index in [-0.39, 0.29) is 5.91 Å². The number of aromatic nitrogens is 1. The molecule has 1 aromatic heterocycles. The molecule has 1 N–H and O–H groups in total. The van der Waals surface area contributed by atoms with Crippen LogP contribution in [-0.2, 0) is 4.79 Å². The van der Waals surface area contributed by atoms with Crippen molar-refractivity contribution >= 4 is 33.2 Å². The lowest BCUT2D eigenvalue weighted by molar-refractivity contribution is -0.118. The molecule has 0 aromatic carbocycles. The van der Waals surface area contributed by atoms with E-state index in [9.17, 15) is 4.79 Å². The minimum absolute atomic E-state index is 0.0170. The first kappa shape index (κ1) is 10.7. The first-order chi connectivity index (χ1) is 6.24. The van der Waals surface area contributed by atoms with Crippen LogP contribution in [0.2, 0.25) is 0 Å². The van der Waals surface area contributed by atoms with Gasteiger partial charge >= 0.3 is 0 Å². The molecule has 0 spiro atoms. The van der Waals surface area contributed by atoms with Crippen molar-refractivity contribution in [1.29, 1.82) is 0 Å². The number of thiazole rings is 1. The fraction of sp³-hybridized carbons (Fsp3) is 0.500. The summed E-state index contributed by atoms with van der Waals surface area (Å²) in [5.41, 5.74) is 0. The Morgan fingerprint density at radius 1 is 1.85 bits per heavy atom. The Labute approximate surface area is 89.7 Å². The van der Waals surface area contributed by atoms with Crippen LogP contribution in [0.3, 0.4) is 0 Å². The van der Waals surface area contributed by atoms with Gasteiger partial charge in [0.2, 0.25) is 5.91 Å². The number of hydrogen-bond donors (Lipinski definition) is 1. The molecular weight excluding hydrogens is 252 g/mol. The molecule has 1 unspecified atom stereocenters. The third-order valence-corrected chi connectivity index (χ3v) is 3.12. The highest BCUT2D eigenvalue weighted by atomic mass is 79.9. The minimum Gasteiger partial charge on any atom is -0.355 e. The number of alkyl halides is 1. The highest BCUT2D eigenvalue weighted by molar-refractivity contribution is 9.09. The smallest absolute Gasteiger partial charge is 0.230 e. The number of amides is 1. The van der Waals surface area contributed by atoms with Gasteiger partial charge in [-0.25, -0.2) is 4.98 Å². The maximum Gasteiger partial charge on any atom is 0.230 e. The van der Waals surface area contributed by atoms with Crippen molar-refractivity contribution < 1.29 is 4.79 Å². The Bertz CT molecular complexity index is 263. The van der Waals surface area contributed by atoms with Gasteiger partial charge in [-0.3, -0.25) is 4.79 Å². The van der Waals surface area contributed by atoms with E-state index in [0.29, 0.717) is 17.8 Å². The van der Waals surface area contributed by atoms with Crippen molar-refractivity contribution in [2.24, 2.45) is 0 Å². The van der Waals surface area contributed by atoms with Crippen molar-refractivity contribution in [1.82, 2.24) is 10.3 Å². The van der Waals surface area contributed by atoms with Gasteiger partial charge in [-0.05, 0) is 0 Å². The van der Waals surface area contributed by atoms with E-state index in [1.165, 1.54) is 0 Å². The van der Waals surface area contributed by atoms with Gasteiger partial charge in [0.1, 0.15) is 0 Å². The summed E-state index contributed by atoms with van der Waals surface area (Å²) in [6, 6.07) is 0. The third kappa shape index (κ3) is 3.44. The highest BCUT2D eigenvalue weighted by Crippen LogP contribution is 2.16. The maximum absolute atomic E-state index is 10.9. The number of nitrogens with zero attached hydrogens (tertiary/aromatic N) is 1. The van der Waals surface area contributed by atoms with E-state index < -0.39 is 0 Å². The maximum atomic E-state index is 10.9. The fourth-order valence-electron chi connectivity index (χ4n) is 0.879. The zero-order valence-electron chi connectivity index (χ0n) is 7.29. The molecule has 1 atom stereocenters. The van der Waals surface area contributed by atoms with Crippen molar-refractivity contribution in [3.05, 3.63) is 16.6 Å². The van der Waals surface area contributed by atoms with Gasteiger partial charge in [-0.1, -0.05) is 22.9 Å². The summed E-state index contributed by atoms with van der Waals surface area (Å²) in [6.45, 7) is 2.70. The summed E-state index contributed by atoms with van der Waals surface area (Å²) in [5.74, 6) is 0.311. The Hall–Kier alpha value is -0.420. The number of carbonyl (C=O) groups excluding carboxylic acids is 1. The Balaban J connectivity index is 2.34. The van der Waals surface area contributed by atoms with Gasteiger partial charge in [-0.15, -0.1) is 11.3 Å². The molecule has 0 aliphatic carbocycles. The van der Waals surface area contributed by atoms with Crippen LogP contribution < -0.4 is 5.32 Å². The van der Waals surface area contributed by atoms with Gasteiger partial charge < -0.3 is 5.32 Å². The second-order valence-corrected chi connectivity index (χ2v) is 4.20. The van der Waals surface area contributed by atoms with E-state index in [1.54, 1.807) is 17.5 Å². The Kier molecular flexibility index (Phi) is 4.38. The minimum atomic E-state index is 0.0170. The molecule has 0 fully saturated rings. The molecule has 0 saturated heterocycles. The molecule has 0 bridgehead atoms. The van der Waals surface area contributed by atoms with Crippen LogP contribution in [0, 0.1) is 0 Å². The lowest BCUT2D eigenvalue weighted by Gasteiger charge is -2.08. The second-order valence-electron chi connectivity index (χ2n) is 2.71. The predicted octanol–water partition coefficient (Wildman–Crippen LogP) is 1.76. The molecule has 3 nitrogen and oxygen atoms in total. The number of hydrogen-bond acceptors (Lipinski definition) is 3. The summed E-state index contributed by atoms with van der Waals surface area (Å²) >= 11 is 4.70. The number of carbonyl (C=O) groups is 1. The van der Waals surface area contributed by atoms with E-state index in [1.807, 2.05) is 12.3 Å². The van der Waals surface area contributed by atoms with Crippen molar-refractivity contribution in [2.75, 3.05) is 11.9 Å². The Morgan fingerprint density at radius 3 is 3.15 bits per heavy atom. The fourth-order valence-corrected chi connectivity index (χ4v) is 1.78. The molecule has 13 heavy (non-hydrogen) atoms. The summed E-state index contributed by atoms with van der Waals surface area (Å²) in [7, 11) is 0. The highest BCUT2D eigenvalue weighted by Gasteiger charge is 2.08. The molecule has 72 valence electrons. The summed E-state index contributed by atoms with van der Waals surface area (Å²) in [4.78, 5) is 15.1. The third-order valence-electron chi connectivity index (χ3n) is 1.60.